The molecular formula is C10H17N3O5S. The second-order valence-electron chi connectivity index (χ2n) is 3.80. The van der Waals surface area contributed by atoms with Gasteiger partial charge in [-0.25, -0.2) is 0 Å². The lowest BCUT2D eigenvalue weighted by Gasteiger charge is -2.20. The van der Waals surface area contributed by atoms with Gasteiger partial charge in [0.2, 0.25) is 11.8 Å². The Labute approximate surface area is 115 Å². The van der Waals surface area contributed by atoms with Crippen molar-refractivity contribution in [2.75, 3.05) is 19.6 Å². The van der Waals surface area contributed by atoms with Crippen molar-refractivity contribution in [3.05, 3.63) is 0 Å². The zero-order valence-corrected chi connectivity index (χ0v) is 11.3. The lowest BCUT2D eigenvalue weighted by atomic mass is 10.00. The minimum Gasteiger partial charge on any atom is -0.480 e. The van der Waals surface area contributed by atoms with E-state index in [1.165, 1.54) is 0 Å². The molecule has 0 heterocycles. The third-order valence-electron chi connectivity index (χ3n) is 2.38. The molecule has 19 heavy (non-hydrogen) atoms. The van der Waals surface area contributed by atoms with Crippen LogP contribution in [0.25, 0.3) is 0 Å². The molecule has 0 bridgehead atoms. The Morgan fingerprint density at radius 1 is 1.21 bits per heavy atom. The topological polar surface area (TPSA) is 139 Å². The molecule has 2 amide bonds. The molecule has 0 aliphatic heterocycles. The molecule has 0 aromatic carbocycles. The average molecular weight is 291 g/mol. The lowest BCUT2D eigenvalue weighted by Crippen LogP contribution is -2.45. The van der Waals surface area contributed by atoms with Crippen molar-refractivity contribution in [3.63, 3.8) is 0 Å². The highest BCUT2D eigenvalue weighted by Gasteiger charge is 2.39. The Kier molecular flexibility index (Phi) is 7.09. The summed E-state index contributed by atoms with van der Waals surface area (Å²) in [7, 11) is 0. The first-order valence-electron chi connectivity index (χ1n) is 5.44. The van der Waals surface area contributed by atoms with Gasteiger partial charge in [-0.15, -0.1) is 0 Å². The van der Waals surface area contributed by atoms with Crippen LogP contribution in [0.2, 0.25) is 0 Å². The first kappa shape index (κ1) is 17.4. The molecule has 0 saturated carbocycles. The van der Waals surface area contributed by atoms with Crippen molar-refractivity contribution >= 4 is 36.2 Å². The SMILES string of the molecule is CC(=O)C(S)(CCNC(=O)CNC(=O)CN)C(=O)O. The highest BCUT2D eigenvalue weighted by Crippen LogP contribution is 2.20. The summed E-state index contributed by atoms with van der Waals surface area (Å²) in [6.45, 7) is 0.580. The van der Waals surface area contributed by atoms with Crippen molar-refractivity contribution in [3.8, 4) is 0 Å². The fraction of sp³-hybridized carbons (Fsp3) is 0.600. The van der Waals surface area contributed by atoms with Crippen molar-refractivity contribution in [2.24, 2.45) is 5.73 Å². The van der Waals surface area contributed by atoms with Gasteiger partial charge in [-0.1, -0.05) is 0 Å². The van der Waals surface area contributed by atoms with Gasteiger partial charge in [-0.05, 0) is 13.3 Å². The number of rotatable bonds is 8. The number of nitrogens with two attached hydrogens (primary N) is 1. The Hall–Kier alpha value is -1.61. The molecule has 5 N–H and O–H groups in total. The standard InChI is InChI=1S/C10H17N3O5S/c1-6(14)10(19,9(17)18)2-3-12-8(16)5-13-7(15)4-11/h19H,2-5,11H2,1H3,(H,12,16)(H,13,15)(H,17,18). The maximum Gasteiger partial charge on any atom is 0.327 e. The number of amides is 2. The molecular weight excluding hydrogens is 274 g/mol. The first-order valence-corrected chi connectivity index (χ1v) is 5.89. The van der Waals surface area contributed by atoms with Gasteiger partial charge in [0.1, 0.15) is 0 Å². The maximum absolute atomic E-state index is 11.3. The van der Waals surface area contributed by atoms with E-state index in [2.05, 4.69) is 23.3 Å². The van der Waals surface area contributed by atoms with Crippen LogP contribution >= 0.6 is 12.6 Å². The molecule has 0 aromatic heterocycles. The number of hydrogen-bond donors (Lipinski definition) is 5. The van der Waals surface area contributed by atoms with Crippen LogP contribution in [0.1, 0.15) is 13.3 Å². The van der Waals surface area contributed by atoms with Gasteiger partial charge in [0.05, 0.1) is 13.1 Å². The predicted molar refractivity (Wildman–Crippen MR) is 69.7 cm³/mol. The van der Waals surface area contributed by atoms with Gasteiger partial charge < -0.3 is 21.5 Å². The van der Waals surface area contributed by atoms with Crippen LogP contribution in [0.4, 0.5) is 0 Å². The number of carboxylic acids is 1. The molecule has 108 valence electrons. The molecule has 0 saturated heterocycles. The fourth-order valence-electron chi connectivity index (χ4n) is 1.13. The third kappa shape index (κ3) is 5.71. The van der Waals surface area contributed by atoms with E-state index in [0.29, 0.717) is 0 Å². The van der Waals surface area contributed by atoms with Gasteiger partial charge in [-0.3, -0.25) is 19.2 Å². The summed E-state index contributed by atoms with van der Waals surface area (Å²) in [5.74, 6) is -2.97. The number of carboxylic acid groups (broad SMARTS) is 1. The largest absolute Gasteiger partial charge is 0.480 e. The molecule has 0 radical (unpaired) electrons. The molecule has 0 rings (SSSR count). The van der Waals surface area contributed by atoms with Crippen LogP contribution in [0.5, 0.6) is 0 Å². The number of aliphatic carboxylic acids is 1. The summed E-state index contributed by atoms with van der Waals surface area (Å²) in [5, 5.41) is 13.5. The lowest BCUT2D eigenvalue weighted by molar-refractivity contribution is -0.143. The Morgan fingerprint density at radius 2 is 1.79 bits per heavy atom. The summed E-state index contributed by atoms with van der Waals surface area (Å²) in [6, 6.07) is 0. The molecule has 0 fully saturated rings. The quantitative estimate of drug-likeness (QED) is 0.257. The van der Waals surface area contributed by atoms with E-state index < -0.39 is 28.3 Å². The zero-order valence-electron chi connectivity index (χ0n) is 10.4. The minimum absolute atomic E-state index is 0.0489. The molecule has 0 spiro atoms. The molecule has 1 unspecified atom stereocenters. The number of Topliss-reactive ketones (excluding diaryl/α,β-unsaturated/α-hetero) is 1. The highest BCUT2D eigenvalue weighted by atomic mass is 32.1. The summed E-state index contributed by atoms with van der Waals surface area (Å²) >= 11 is 3.82. The molecule has 1 atom stereocenters. The van der Waals surface area contributed by atoms with Crippen molar-refractivity contribution in [1.82, 2.24) is 10.6 Å². The Balaban J connectivity index is 4.14. The van der Waals surface area contributed by atoms with Crippen LogP contribution < -0.4 is 16.4 Å². The van der Waals surface area contributed by atoms with Crippen LogP contribution in [-0.4, -0.2) is 53.1 Å². The van der Waals surface area contributed by atoms with E-state index in [1.54, 1.807) is 0 Å². The average Bonchev–Trinajstić information content (AvgIpc) is 2.34. The molecule has 0 aliphatic carbocycles. The molecule has 8 nitrogen and oxygen atoms in total. The van der Waals surface area contributed by atoms with Crippen molar-refractivity contribution < 1.29 is 24.3 Å². The van der Waals surface area contributed by atoms with Crippen LogP contribution in [0.3, 0.4) is 0 Å². The minimum atomic E-state index is -1.83. The zero-order chi connectivity index (χ0) is 15.1. The normalized spacial score (nSPS) is 13.2. The van der Waals surface area contributed by atoms with Crippen LogP contribution in [0.15, 0.2) is 0 Å². The summed E-state index contributed by atoms with van der Waals surface area (Å²) < 4.78 is -1.83. The molecule has 0 aromatic rings. The van der Waals surface area contributed by atoms with Crippen molar-refractivity contribution in [1.29, 1.82) is 0 Å². The van der Waals surface area contributed by atoms with E-state index in [9.17, 15) is 19.2 Å². The number of ketones is 1. The maximum atomic E-state index is 11.3. The summed E-state index contributed by atoms with van der Waals surface area (Å²) in [5.41, 5.74) is 5.03. The van der Waals surface area contributed by atoms with Crippen LogP contribution in [-0.2, 0) is 19.2 Å². The Morgan fingerprint density at radius 3 is 2.21 bits per heavy atom. The molecule has 0 aliphatic rings. The number of carbonyl (C=O) groups is 4. The predicted octanol–water partition coefficient (Wildman–Crippen LogP) is -2.09. The van der Waals surface area contributed by atoms with Gasteiger partial charge >= 0.3 is 5.97 Å². The first-order chi connectivity index (χ1) is 8.74. The van der Waals surface area contributed by atoms with Gasteiger partial charge in [-0.2, -0.15) is 12.6 Å². The smallest absolute Gasteiger partial charge is 0.327 e. The third-order valence-corrected chi connectivity index (χ3v) is 3.11. The Bertz CT molecular complexity index is 371. The summed E-state index contributed by atoms with van der Waals surface area (Å²) in [4.78, 5) is 44.1. The van der Waals surface area contributed by atoms with Crippen molar-refractivity contribution in [2.45, 2.75) is 18.1 Å². The summed E-state index contributed by atoms with van der Waals surface area (Å²) in [6.07, 6.45) is -0.155. The van der Waals surface area contributed by atoms with Gasteiger partial charge in [0.15, 0.2) is 10.5 Å². The fourth-order valence-corrected chi connectivity index (χ4v) is 1.24. The second kappa shape index (κ2) is 7.74. The van der Waals surface area contributed by atoms with Crippen LogP contribution in [0, 0.1) is 0 Å². The molecule has 9 heteroatoms. The highest BCUT2D eigenvalue weighted by molar-refractivity contribution is 7.83. The van der Waals surface area contributed by atoms with E-state index in [4.69, 9.17) is 10.8 Å². The number of nitrogens with one attached hydrogen (secondary N) is 2. The van der Waals surface area contributed by atoms with E-state index in [1.807, 2.05) is 0 Å². The number of carbonyl (C=O) groups excluding carboxylic acids is 3. The monoisotopic (exact) mass is 291 g/mol. The number of hydrogen-bond acceptors (Lipinski definition) is 6. The number of thiol groups is 1. The van der Waals surface area contributed by atoms with E-state index in [0.717, 1.165) is 6.92 Å². The van der Waals surface area contributed by atoms with E-state index in [-0.39, 0.29) is 26.1 Å². The second-order valence-corrected chi connectivity index (χ2v) is 4.57. The van der Waals surface area contributed by atoms with Gasteiger partial charge in [0.25, 0.3) is 0 Å². The van der Waals surface area contributed by atoms with E-state index >= 15 is 0 Å². The van der Waals surface area contributed by atoms with Gasteiger partial charge in [0, 0.05) is 6.54 Å².